The summed E-state index contributed by atoms with van der Waals surface area (Å²) in [6.07, 6.45) is 3.34. The highest BCUT2D eigenvalue weighted by molar-refractivity contribution is 6.04. The first-order valence-electron chi connectivity index (χ1n) is 6.21. The van der Waals surface area contributed by atoms with Crippen molar-refractivity contribution in [2.24, 2.45) is 0 Å². The summed E-state index contributed by atoms with van der Waals surface area (Å²) in [5.74, 6) is 0.0216. The van der Waals surface area contributed by atoms with E-state index in [-0.39, 0.29) is 5.78 Å². The van der Waals surface area contributed by atoms with Crippen LogP contribution in [0.1, 0.15) is 10.4 Å². The standard InChI is InChI=1S/C17H17NO/c1-18(2)13-12-17(19)16-10-8-15(9-11-16)14-6-4-3-5-7-14/h3-13H,1-2H3. The Kier molecular flexibility index (Phi) is 4.14. The van der Waals surface area contributed by atoms with Crippen LogP contribution in [0.5, 0.6) is 0 Å². The fourth-order valence-corrected chi connectivity index (χ4v) is 1.77. The van der Waals surface area contributed by atoms with E-state index in [0.717, 1.165) is 11.1 Å². The molecule has 0 fully saturated rings. The Hall–Kier alpha value is -2.35. The van der Waals surface area contributed by atoms with Crippen LogP contribution in [-0.2, 0) is 0 Å². The van der Waals surface area contributed by atoms with Crippen molar-refractivity contribution in [2.45, 2.75) is 0 Å². The zero-order chi connectivity index (χ0) is 13.7. The van der Waals surface area contributed by atoms with Crippen molar-refractivity contribution >= 4 is 5.78 Å². The number of nitrogens with zero attached hydrogens (tertiary/aromatic N) is 1. The first-order valence-corrected chi connectivity index (χ1v) is 6.21. The van der Waals surface area contributed by atoms with Crippen molar-refractivity contribution in [3.8, 4) is 11.1 Å². The van der Waals surface area contributed by atoms with Crippen molar-refractivity contribution in [2.75, 3.05) is 14.1 Å². The molecule has 0 N–H and O–H groups in total. The van der Waals surface area contributed by atoms with E-state index in [2.05, 4.69) is 12.1 Å². The second-order valence-electron chi connectivity index (χ2n) is 4.59. The van der Waals surface area contributed by atoms with Crippen LogP contribution in [0.15, 0.2) is 66.9 Å². The van der Waals surface area contributed by atoms with Gasteiger partial charge in [0, 0.05) is 31.9 Å². The minimum Gasteiger partial charge on any atom is -0.383 e. The van der Waals surface area contributed by atoms with Gasteiger partial charge in [0.05, 0.1) is 0 Å². The molecule has 0 saturated carbocycles. The van der Waals surface area contributed by atoms with Gasteiger partial charge in [-0.1, -0.05) is 54.6 Å². The molecule has 0 amide bonds. The molecule has 2 aromatic carbocycles. The van der Waals surface area contributed by atoms with E-state index in [9.17, 15) is 4.79 Å². The molecule has 2 heteroatoms. The first-order chi connectivity index (χ1) is 9.16. The summed E-state index contributed by atoms with van der Waals surface area (Å²) in [6.45, 7) is 0. The number of ketones is 1. The van der Waals surface area contributed by atoms with Gasteiger partial charge < -0.3 is 4.90 Å². The monoisotopic (exact) mass is 251 g/mol. The molecule has 2 rings (SSSR count). The van der Waals surface area contributed by atoms with Gasteiger partial charge >= 0.3 is 0 Å². The summed E-state index contributed by atoms with van der Waals surface area (Å²) in [5, 5.41) is 0. The number of carbonyl (C=O) groups is 1. The lowest BCUT2D eigenvalue weighted by Crippen LogP contribution is -2.03. The van der Waals surface area contributed by atoms with Crippen molar-refractivity contribution in [1.29, 1.82) is 0 Å². The molecule has 0 radical (unpaired) electrons. The minimum absolute atomic E-state index is 0.0216. The lowest BCUT2D eigenvalue weighted by atomic mass is 10.0. The molecule has 0 aliphatic rings. The van der Waals surface area contributed by atoms with Gasteiger partial charge in [-0.15, -0.1) is 0 Å². The zero-order valence-electron chi connectivity index (χ0n) is 11.2. The average Bonchev–Trinajstić information content (AvgIpc) is 2.46. The van der Waals surface area contributed by atoms with Crippen molar-refractivity contribution in [3.63, 3.8) is 0 Å². The zero-order valence-corrected chi connectivity index (χ0v) is 11.2. The van der Waals surface area contributed by atoms with Crippen LogP contribution in [0, 0.1) is 0 Å². The van der Waals surface area contributed by atoms with E-state index in [0.29, 0.717) is 5.56 Å². The molecule has 0 aliphatic heterocycles. The van der Waals surface area contributed by atoms with Gasteiger partial charge in [0.1, 0.15) is 0 Å². The summed E-state index contributed by atoms with van der Waals surface area (Å²) in [5.41, 5.74) is 2.98. The molecule has 19 heavy (non-hydrogen) atoms. The van der Waals surface area contributed by atoms with E-state index >= 15 is 0 Å². The lowest BCUT2D eigenvalue weighted by molar-refractivity contribution is 0.104. The smallest absolute Gasteiger partial charge is 0.187 e. The maximum Gasteiger partial charge on any atom is 0.187 e. The van der Waals surface area contributed by atoms with Crippen LogP contribution in [0.4, 0.5) is 0 Å². The highest BCUT2D eigenvalue weighted by atomic mass is 16.1. The van der Waals surface area contributed by atoms with E-state index in [1.165, 1.54) is 0 Å². The Labute approximate surface area is 114 Å². The number of hydrogen-bond donors (Lipinski definition) is 0. The van der Waals surface area contributed by atoms with Crippen LogP contribution < -0.4 is 0 Å². The van der Waals surface area contributed by atoms with E-state index in [1.807, 2.05) is 61.5 Å². The quantitative estimate of drug-likeness (QED) is 0.611. The summed E-state index contributed by atoms with van der Waals surface area (Å²) < 4.78 is 0. The summed E-state index contributed by atoms with van der Waals surface area (Å²) in [6, 6.07) is 17.8. The fraction of sp³-hybridized carbons (Fsp3) is 0.118. The predicted molar refractivity (Wildman–Crippen MR) is 79.0 cm³/mol. The molecule has 0 heterocycles. The maximum absolute atomic E-state index is 11.9. The number of benzene rings is 2. The van der Waals surface area contributed by atoms with Gasteiger partial charge in [0.15, 0.2) is 5.78 Å². The average molecular weight is 251 g/mol. The molecular weight excluding hydrogens is 234 g/mol. The Balaban J connectivity index is 2.17. The molecule has 0 unspecified atom stereocenters. The van der Waals surface area contributed by atoms with Crippen LogP contribution >= 0.6 is 0 Å². The number of rotatable bonds is 4. The van der Waals surface area contributed by atoms with E-state index in [4.69, 9.17) is 0 Å². The third-order valence-electron chi connectivity index (χ3n) is 2.80. The number of carbonyl (C=O) groups excluding carboxylic acids is 1. The van der Waals surface area contributed by atoms with Crippen LogP contribution in [0.2, 0.25) is 0 Å². The van der Waals surface area contributed by atoms with Crippen molar-refractivity contribution in [1.82, 2.24) is 4.90 Å². The van der Waals surface area contributed by atoms with Gasteiger partial charge in [0.2, 0.25) is 0 Å². The molecule has 0 aliphatic carbocycles. The van der Waals surface area contributed by atoms with Crippen LogP contribution in [0.3, 0.4) is 0 Å². The Morgan fingerprint density at radius 3 is 2.05 bits per heavy atom. The van der Waals surface area contributed by atoms with Crippen molar-refractivity contribution in [3.05, 3.63) is 72.4 Å². The normalized spacial score (nSPS) is 10.6. The van der Waals surface area contributed by atoms with Crippen molar-refractivity contribution < 1.29 is 4.79 Å². The first kappa shape index (κ1) is 13.1. The SMILES string of the molecule is CN(C)C=CC(=O)c1ccc(-c2ccccc2)cc1. The Bertz CT molecular complexity index is 568. The highest BCUT2D eigenvalue weighted by Gasteiger charge is 2.02. The molecule has 0 atom stereocenters. The van der Waals surface area contributed by atoms with Gasteiger partial charge in [0.25, 0.3) is 0 Å². The van der Waals surface area contributed by atoms with Gasteiger partial charge in [-0.3, -0.25) is 4.79 Å². The van der Waals surface area contributed by atoms with Gasteiger partial charge in [-0.2, -0.15) is 0 Å². The molecule has 0 aromatic heterocycles. The van der Waals surface area contributed by atoms with Crippen LogP contribution in [0.25, 0.3) is 11.1 Å². The topological polar surface area (TPSA) is 20.3 Å². The molecular formula is C17H17NO. The van der Waals surface area contributed by atoms with Gasteiger partial charge in [-0.25, -0.2) is 0 Å². The second kappa shape index (κ2) is 6.01. The van der Waals surface area contributed by atoms with E-state index in [1.54, 1.807) is 12.3 Å². The van der Waals surface area contributed by atoms with E-state index < -0.39 is 0 Å². The summed E-state index contributed by atoms with van der Waals surface area (Å²) >= 11 is 0. The molecule has 0 bridgehead atoms. The van der Waals surface area contributed by atoms with Gasteiger partial charge in [-0.05, 0) is 11.1 Å². The summed E-state index contributed by atoms with van der Waals surface area (Å²) in [7, 11) is 3.78. The molecule has 0 spiro atoms. The molecule has 2 nitrogen and oxygen atoms in total. The number of allylic oxidation sites excluding steroid dienone is 1. The molecule has 2 aromatic rings. The Morgan fingerprint density at radius 2 is 1.47 bits per heavy atom. The molecule has 96 valence electrons. The largest absolute Gasteiger partial charge is 0.383 e. The second-order valence-corrected chi connectivity index (χ2v) is 4.59. The lowest BCUT2D eigenvalue weighted by Gasteiger charge is -2.04. The Morgan fingerprint density at radius 1 is 0.895 bits per heavy atom. The molecule has 0 saturated heterocycles. The number of hydrogen-bond acceptors (Lipinski definition) is 2. The van der Waals surface area contributed by atoms with Crippen LogP contribution in [-0.4, -0.2) is 24.8 Å². The summed E-state index contributed by atoms with van der Waals surface area (Å²) in [4.78, 5) is 13.7. The predicted octanol–water partition coefficient (Wildman–Crippen LogP) is 3.61. The fourth-order valence-electron chi connectivity index (χ4n) is 1.77. The minimum atomic E-state index is 0.0216. The third kappa shape index (κ3) is 3.55. The maximum atomic E-state index is 11.9. The highest BCUT2D eigenvalue weighted by Crippen LogP contribution is 2.19. The third-order valence-corrected chi connectivity index (χ3v) is 2.80.